The molecule has 1 aromatic heterocycles. The molecule has 0 saturated heterocycles. The zero-order valence-corrected chi connectivity index (χ0v) is 8.96. The van der Waals surface area contributed by atoms with Crippen LogP contribution < -0.4 is 5.32 Å². The minimum atomic E-state index is 0.679. The smallest absolute Gasteiger partial charge is 0.0490 e. The minimum Gasteiger partial charge on any atom is -0.308 e. The van der Waals surface area contributed by atoms with Gasteiger partial charge < -0.3 is 5.32 Å². The SMILES string of the molecule is CC(C)C(NCc1ccn[nH]1)C1CC1. The van der Waals surface area contributed by atoms with E-state index in [9.17, 15) is 0 Å². The second-order valence-electron chi connectivity index (χ2n) is 4.57. The summed E-state index contributed by atoms with van der Waals surface area (Å²) in [5.41, 5.74) is 1.18. The molecule has 2 N–H and O–H groups in total. The van der Waals surface area contributed by atoms with Crippen LogP contribution in [0.15, 0.2) is 12.3 Å². The Balaban J connectivity index is 1.82. The highest BCUT2D eigenvalue weighted by molar-refractivity contribution is 4.98. The van der Waals surface area contributed by atoms with E-state index in [4.69, 9.17) is 0 Å². The molecule has 1 unspecified atom stereocenters. The van der Waals surface area contributed by atoms with Gasteiger partial charge in [0.25, 0.3) is 0 Å². The Morgan fingerprint density at radius 2 is 2.36 bits per heavy atom. The van der Waals surface area contributed by atoms with Crippen molar-refractivity contribution in [2.45, 2.75) is 39.3 Å². The first-order valence-electron chi connectivity index (χ1n) is 5.49. The van der Waals surface area contributed by atoms with Crippen LogP contribution in [-0.4, -0.2) is 16.2 Å². The van der Waals surface area contributed by atoms with E-state index in [0.717, 1.165) is 18.4 Å². The van der Waals surface area contributed by atoms with Gasteiger partial charge in [0.05, 0.1) is 0 Å². The predicted molar refractivity (Wildman–Crippen MR) is 56.8 cm³/mol. The number of H-pyrrole nitrogens is 1. The highest BCUT2D eigenvalue weighted by Crippen LogP contribution is 2.35. The second-order valence-corrected chi connectivity index (χ2v) is 4.57. The monoisotopic (exact) mass is 193 g/mol. The van der Waals surface area contributed by atoms with E-state index in [1.54, 1.807) is 6.20 Å². The second kappa shape index (κ2) is 4.13. The van der Waals surface area contributed by atoms with Gasteiger partial charge in [-0.1, -0.05) is 13.8 Å². The van der Waals surface area contributed by atoms with Crippen LogP contribution in [0, 0.1) is 11.8 Å². The topological polar surface area (TPSA) is 40.7 Å². The third-order valence-corrected chi connectivity index (χ3v) is 2.93. The molecule has 0 bridgehead atoms. The van der Waals surface area contributed by atoms with Gasteiger partial charge in [0.1, 0.15) is 0 Å². The van der Waals surface area contributed by atoms with Gasteiger partial charge >= 0.3 is 0 Å². The van der Waals surface area contributed by atoms with Crippen LogP contribution in [0.1, 0.15) is 32.4 Å². The van der Waals surface area contributed by atoms with Crippen molar-refractivity contribution in [3.8, 4) is 0 Å². The Kier molecular flexibility index (Phi) is 2.87. The number of aromatic amines is 1. The molecule has 1 aromatic rings. The quantitative estimate of drug-likeness (QED) is 0.750. The zero-order valence-electron chi connectivity index (χ0n) is 8.96. The maximum atomic E-state index is 3.94. The molecule has 78 valence electrons. The summed E-state index contributed by atoms with van der Waals surface area (Å²) in [5, 5.41) is 10.5. The fourth-order valence-corrected chi connectivity index (χ4v) is 2.01. The standard InChI is InChI=1S/C11H19N3/c1-8(2)11(9-3-4-9)12-7-10-5-6-13-14-10/h5-6,8-9,11-12H,3-4,7H2,1-2H3,(H,13,14). The number of aromatic nitrogens is 2. The molecule has 1 aliphatic rings. The number of hydrogen-bond donors (Lipinski definition) is 2. The molecule has 0 amide bonds. The minimum absolute atomic E-state index is 0.679. The van der Waals surface area contributed by atoms with Crippen LogP contribution in [0.3, 0.4) is 0 Å². The summed E-state index contributed by atoms with van der Waals surface area (Å²) >= 11 is 0. The van der Waals surface area contributed by atoms with Gasteiger partial charge in [-0.05, 0) is 30.7 Å². The highest BCUT2D eigenvalue weighted by atomic mass is 15.1. The van der Waals surface area contributed by atoms with Gasteiger partial charge in [-0.15, -0.1) is 0 Å². The summed E-state index contributed by atoms with van der Waals surface area (Å²) < 4.78 is 0. The van der Waals surface area contributed by atoms with Crippen molar-refractivity contribution < 1.29 is 0 Å². The van der Waals surface area contributed by atoms with Gasteiger partial charge in [0, 0.05) is 24.5 Å². The van der Waals surface area contributed by atoms with E-state index < -0.39 is 0 Å². The first-order valence-corrected chi connectivity index (χ1v) is 5.49. The third-order valence-electron chi connectivity index (χ3n) is 2.93. The molecule has 1 atom stereocenters. The van der Waals surface area contributed by atoms with Gasteiger partial charge in [-0.2, -0.15) is 5.10 Å². The van der Waals surface area contributed by atoms with E-state index in [1.165, 1.54) is 18.5 Å². The summed E-state index contributed by atoms with van der Waals surface area (Å²) in [4.78, 5) is 0. The maximum absolute atomic E-state index is 3.94. The van der Waals surface area contributed by atoms with E-state index in [-0.39, 0.29) is 0 Å². The molecular weight excluding hydrogens is 174 g/mol. The summed E-state index contributed by atoms with van der Waals surface area (Å²) in [6, 6.07) is 2.70. The molecule has 3 heteroatoms. The molecule has 2 rings (SSSR count). The lowest BCUT2D eigenvalue weighted by Gasteiger charge is -2.21. The number of nitrogens with one attached hydrogen (secondary N) is 2. The van der Waals surface area contributed by atoms with Crippen LogP contribution in [0.5, 0.6) is 0 Å². The lowest BCUT2D eigenvalue weighted by molar-refractivity contribution is 0.357. The number of hydrogen-bond acceptors (Lipinski definition) is 2. The first-order chi connectivity index (χ1) is 6.77. The van der Waals surface area contributed by atoms with Crippen molar-refractivity contribution in [3.63, 3.8) is 0 Å². The molecule has 0 aliphatic heterocycles. The fourth-order valence-electron chi connectivity index (χ4n) is 2.01. The lowest BCUT2D eigenvalue weighted by Crippen LogP contribution is -2.35. The van der Waals surface area contributed by atoms with E-state index in [0.29, 0.717) is 6.04 Å². The van der Waals surface area contributed by atoms with Crippen molar-refractivity contribution in [1.29, 1.82) is 0 Å². The van der Waals surface area contributed by atoms with E-state index in [1.807, 2.05) is 6.07 Å². The van der Waals surface area contributed by atoms with Crippen molar-refractivity contribution in [2.75, 3.05) is 0 Å². The Morgan fingerprint density at radius 3 is 2.86 bits per heavy atom. The van der Waals surface area contributed by atoms with Crippen molar-refractivity contribution in [3.05, 3.63) is 18.0 Å². The summed E-state index contributed by atoms with van der Waals surface area (Å²) in [6.07, 6.45) is 4.61. The largest absolute Gasteiger partial charge is 0.308 e. The molecule has 14 heavy (non-hydrogen) atoms. The lowest BCUT2D eigenvalue weighted by atomic mass is 9.99. The maximum Gasteiger partial charge on any atom is 0.0490 e. The van der Waals surface area contributed by atoms with Crippen LogP contribution >= 0.6 is 0 Å². The predicted octanol–water partition coefficient (Wildman–Crippen LogP) is 1.93. The molecule has 1 saturated carbocycles. The summed E-state index contributed by atoms with van der Waals surface area (Å²) in [5.74, 6) is 1.64. The molecule has 0 spiro atoms. The van der Waals surface area contributed by atoms with Gasteiger partial charge in [-0.3, -0.25) is 5.10 Å². The highest BCUT2D eigenvalue weighted by Gasteiger charge is 2.32. The third kappa shape index (κ3) is 2.35. The van der Waals surface area contributed by atoms with E-state index >= 15 is 0 Å². The molecule has 1 fully saturated rings. The number of rotatable bonds is 5. The molecule has 0 radical (unpaired) electrons. The van der Waals surface area contributed by atoms with Crippen molar-refractivity contribution in [2.24, 2.45) is 11.8 Å². The summed E-state index contributed by atoms with van der Waals surface area (Å²) in [6.45, 7) is 5.51. The van der Waals surface area contributed by atoms with Gasteiger partial charge in [0.2, 0.25) is 0 Å². The van der Waals surface area contributed by atoms with Gasteiger partial charge in [-0.25, -0.2) is 0 Å². The first kappa shape index (κ1) is 9.71. The molecule has 3 nitrogen and oxygen atoms in total. The Hall–Kier alpha value is -0.830. The average Bonchev–Trinajstić information content (AvgIpc) is 2.82. The molecule has 1 aliphatic carbocycles. The van der Waals surface area contributed by atoms with Gasteiger partial charge in [0.15, 0.2) is 0 Å². The molecule has 1 heterocycles. The van der Waals surface area contributed by atoms with Crippen LogP contribution in [-0.2, 0) is 6.54 Å². The Bertz CT molecular complexity index is 260. The fraction of sp³-hybridized carbons (Fsp3) is 0.727. The van der Waals surface area contributed by atoms with Crippen molar-refractivity contribution in [1.82, 2.24) is 15.5 Å². The molecule has 0 aromatic carbocycles. The Labute approximate surface area is 85.3 Å². The van der Waals surface area contributed by atoms with E-state index in [2.05, 4.69) is 29.4 Å². The van der Waals surface area contributed by atoms with Crippen molar-refractivity contribution >= 4 is 0 Å². The zero-order chi connectivity index (χ0) is 9.97. The molecular formula is C11H19N3. The van der Waals surface area contributed by atoms with Crippen LogP contribution in [0.2, 0.25) is 0 Å². The Morgan fingerprint density at radius 1 is 1.57 bits per heavy atom. The average molecular weight is 193 g/mol. The summed E-state index contributed by atoms with van der Waals surface area (Å²) in [7, 11) is 0. The van der Waals surface area contributed by atoms with Crippen LogP contribution in [0.4, 0.5) is 0 Å². The normalized spacial score (nSPS) is 18.8. The number of nitrogens with zero attached hydrogens (tertiary/aromatic N) is 1. The van der Waals surface area contributed by atoms with Crippen LogP contribution in [0.25, 0.3) is 0 Å².